The van der Waals surface area contributed by atoms with E-state index in [-0.39, 0.29) is 0 Å². The molecular formula is C10H11N3O3. The van der Waals surface area contributed by atoms with Crippen molar-refractivity contribution < 1.29 is 9.47 Å². The van der Waals surface area contributed by atoms with Crippen molar-refractivity contribution in [1.82, 2.24) is 9.89 Å². The van der Waals surface area contributed by atoms with Gasteiger partial charge in [0.2, 0.25) is 0 Å². The van der Waals surface area contributed by atoms with Gasteiger partial charge in [0.25, 0.3) is 5.56 Å². The van der Waals surface area contributed by atoms with Crippen LogP contribution < -0.4 is 20.9 Å². The van der Waals surface area contributed by atoms with E-state index in [2.05, 4.69) is 5.10 Å². The first-order chi connectivity index (χ1) is 7.69. The van der Waals surface area contributed by atoms with E-state index in [1.165, 1.54) is 20.4 Å². The molecule has 2 rings (SSSR count). The molecule has 0 aliphatic carbocycles. The largest absolute Gasteiger partial charge is 0.493 e. The summed E-state index contributed by atoms with van der Waals surface area (Å²) in [7, 11) is 2.98. The summed E-state index contributed by atoms with van der Waals surface area (Å²) >= 11 is 0. The lowest BCUT2D eigenvalue weighted by Crippen LogP contribution is -2.29. The first kappa shape index (κ1) is 10.3. The first-order valence-corrected chi connectivity index (χ1v) is 4.57. The molecule has 0 radical (unpaired) electrons. The highest BCUT2D eigenvalue weighted by molar-refractivity contribution is 5.89. The van der Waals surface area contributed by atoms with Gasteiger partial charge in [-0.05, 0) is 12.1 Å². The molecule has 16 heavy (non-hydrogen) atoms. The van der Waals surface area contributed by atoms with Crippen molar-refractivity contribution in [2.45, 2.75) is 0 Å². The minimum absolute atomic E-state index is 0.361. The molecule has 0 saturated heterocycles. The van der Waals surface area contributed by atoms with Gasteiger partial charge in [0.05, 0.1) is 25.8 Å². The van der Waals surface area contributed by atoms with E-state index >= 15 is 0 Å². The van der Waals surface area contributed by atoms with Crippen LogP contribution in [0.15, 0.2) is 23.1 Å². The van der Waals surface area contributed by atoms with Gasteiger partial charge >= 0.3 is 0 Å². The normalized spacial score (nSPS) is 10.4. The second kappa shape index (κ2) is 3.73. The van der Waals surface area contributed by atoms with Gasteiger partial charge in [0.15, 0.2) is 11.5 Å². The summed E-state index contributed by atoms with van der Waals surface area (Å²) in [4.78, 5) is 12.6. The minimum Gasteiger partial charge on any atom is -0.493 e. The third kappa shape index (κ3) is 1.35. The lowest BCUT2D eigenvalue weighted by Gasteiger charge is -2.10. The topological polar surface area (TPSA) is 79.4 Å². The maximum atomic E-state index is 11.8. The number of hydrogen-bond donors (Lipinski definition) is 1. The summed E-state index contributed by atoms with van der Waals surface area (Å²) in [6, 6.07) is 3.44. The summed E-state index contributed by atoms with van der Waals surface area (Å²) in [5.41, 5.74) is -0.423. The highest BCUT2D eigenvalue weighted by Crippen LogP contribution is 2.32. The van der Waals surface area contributed by atoms with Crippen LogP contribution in [0.5, 0.6) is 11.5 Å². The van der Waals surface area contributed by atoms with E-state index in [0.29, 0.717) is 22.3 Å². The minimum atomic E-state index is -0.423. The van der Waals surface area contributed by atoms with Crippen LogP contribution in [0.2, 0.25) is 0 Å². The highest BCUT2D eigenvalue weighted by Gasteiger charge is 2.13. The van der Waals surface area contributed by atoms with E-state index in [4.69, 9.17) is 15.3 Å². The smallest absolute Gasteiger partial charge is 0.297 e. The van der Waals surface area contributed by atoms with E-state index in [1.54, 1.807) is 12.1 Å². The fourth-order valence-electron chi connectivity index (χ4n) is 1.56. The Morgan fingerprint density at radius 1 is 1.31 bits per heavy atom. The van der Waals surface area contributed by atoms with Crippen LogP contribution in [0.25, 0.3) is 10.8 Å². The molecule has 1 aromatic heterocycles. The molecule has 2 N–H and O–H groups in total. The molecule has 6 heteroatoms. The van der Waals surface area contributed by atoms with Crippen LogP contribution in [0.4, 0.5) is 0 Å². The summed E-state index contributed by atoms with van der Waals surface area (Å²) < 4.78 is 10.3. The van der Waals surface area contributed by atoms with Crippen LogP contribution >= 0.6 is 0 Å². The summed E-state index contributed by atoms with van der Waals surface area (Å²) in [6.45, 7) is 0. The molecule has 0 spiro atoms. The Morgan fingerprint density at radius 3 is 2.69 bits per heavy atom. The van der Waals surface area contributed by atoms with Crippen LogP contribution in [-0.2, 0) is 0 Å². The molecule has 1 aromatic carbocycles. The third-order valence-electron chi connectivity index (χ3n) is 2.32. The lowest BCUT2D eigenvalue weighted by atomic mass is 10.1. The Kier molecular flexibility index (Phi) is 2.40. The molecule has 0 fully saturated rings. The molecule has 0 bridgehead atoms. The SMILES string of the molecule is COc1ccc2cnn(N)c(=O)c2c1OC. The predicted octanol–water partition coefficient (Wildman–Crippen LogP) is 0.128. The number of benzene rings is 1. The van der Waals surface area contributed by atoms with E-state index in [0.717, 1.165) is 4.79 Å². The Balaban J connectivity index is 2.95. The number of hydrogen-bond acceptors (Lipinski definition) is 5. The molecule has 0 amide bonds. The number of nitrogens with zero attached hydrogens (tertiary/aromatic N) is 2. The van der Waals surface area contributed by atoms with E-state index < -0.39 is 5.56 Å². The van der Waals surface area contributed by atoms with Gasteiger partial charge in [-0.1, -0.05) is 0 Å². The molecule has 6 nitrogen and oxygen atoms in total. The number of nitrogen functional groups attached to an aromatic ring is 1. The fraction of sp³-hybridized carbons (Fsp3) is 0.200. The summed E-state index contributed by atoms with van der Waals surface area (Å²) in [6.07, 6.45) is 1.50. The van der Waals surface area contributed by atoms with Crippen molar-refractivity contribution in [2.75, 3.05) is 20.1 Å². The van der Waals surface area contributed by atoms with Gasteiger partial charge in [-0.2, -0.15) is 5.10 Å². The number of ether oxygens (including phenoxy) is 2. The van der Waals surface area contributed by atoms with Crippen molar-refractivity contribution in [2.24, 2.45) is 0 Å². The zero-order chi connectivity index (χ0) is 11.7. The highest BCUT2D eigenvalue weighted by atomic mass is 16.5. The number of rotatable bonds is 2. The Labute approximate surface area is 91.2 Å². The Bertz CT molecular complexity index is 592. The number of nitrogens with two attached hydrogens (primary N) is 1. The maximum absolute atomic E-state index is 11.8. The monoisotopic (exact) mass is 221 g/mol. The van der Waals surface area contributed by atoms with Crippen LogP contribution in [0.1, 0.15) is 0 Å². The molecule has 0 aliphatic heterocycles. The summed E-state index contributed by atoms with van der Waals surface area (Å²) in [5, 5.41) is 4.74. The number of fused-ring (bicyclic) bond motifs is 1. The van der Waals surface area contributed by atoms with Crippen LogP contribution in [0.3, 0.4) is 0 Å². The lowest BCUT2D eigenvalue weighted by molar-refractivity contribution is 0.358. The molecule has 1 heterocycles. The molecular weight excluding hydrogens is 210 g/mol. The van der Waals surface area contributed by atoms with E-state index in [1.807, 2.05) is 0 Å². The van der Waals surface area contributed by atoms with E-state index in [9.17, 15) is 4.79 Å². The van der Waals surface area contributed by atoms with Gasteiger partial charge in [-0.25, -0.2) is 0 Å². The van der Waals surface area contributed by atoms with Crippen molar-refractivity contribution in [1.29, 1.82) is 0 Å². The average molecular weight is 221 g/mol. The molecule has 0 unspecified atom stereocenters. The van der Waals surface area contributed by atoms with Crippen molar-refractivity contribution in [3.05, 3.63) is 28.7 Å². The van der Waals surface area contributed by atoms with Gasteiger partial charge in [0, 0.05) is 5.39 Å². The number of aromatic nitrogens is 2. The number of methoxy groups -OCH3 is 2. The zero-order valence-electron chi connectivity index (χ0n) is 8.93. The van der Waals surface area contributed by atoms with Crippen LogP contribution in [-0.4, -0.2) is 24.1 Å². The standard InChI is InChI=1S/C10H11N3O3/c1-15-7-4-3-6-5-12-13(11)10(14)8(6)9(7)16-2/h3-5H,11H2,1-2H3. The summed E-state index contributed by atoms with van der Waals surface area (Å²) in [5.74, 6) is 6.25. The molecule has 2 aromatic rings. The Hall–Kier alpha value is -2.24. The van der Waals surface area contributed by atoms with Gasteiger partial charge in [0.1, 0.15) is 0 Å². The van der Waals surface area contributed by atoms with Gasteiger partial charge < -0.3 is 15.3 Å². The molecule has 0 atom stereocenters. The van der Waals surface area contributed by atoms with Crippen molar-refractivity contribution in [3.8, 4) is 11.5 Å². The zero-order valence-corrected chi connectivity index (χ0v) is 8.93. The maximum Gasteiger partial charge on any atom is 0.297 e. The van der Waals surface area contributed by atoms with Crippen LogP contribution in [0, 0.1) is 0 Å². The van der Waals surface area contributed by atoms with Gasteiger partial charge in [-0.3, -0.25) is 4.79 Å². The fourth-order valence-corrected chi connectivity index (χ4v) is 1.56. The van der Waals surface area contributed by atoms with Crippen molar-refractivity contribution in [3.63, 3.8) is 0 Å². The van der Waals surface area contributed by atoms with Gasteiger partial charge in [-0.15, -0.1) is 4.79 Å². The molecule has 84 valence electrons. The quantitative estimate of drug-likeness (QED) is 0.729. The second-order valence-corrected chi connectivity index (χ2v) is 3.16. The van der Waals surface area contributed by atoms with Crippen molar-refractivity contribution >= 4 is 10.8 Å². The Morgan fingerprint density at radius 2 is 2.06 bits per heavy atom. The predicted molar refractivity (Wildman–Crippen MR) is 59.3 cm³/mol. The molecule has 0 saturated carbocycles. The second-order valence-electron chi connectivity index (χ2n) is 3.16. The third-order valence-corrected chi connectivity index (χ3v) is 2.32. The first-order valence-electron chi connectivity index (χ1n) is 4.57. The molecule has 0 aliphatic rings. The average Bonchev–Trinajstić information content (AvgIpc) is 2.32.